The summed E-state index contributed by atoms with van der Waals surface area (Å²) in [5, 5.41) is 9.54. The fourth-order valence-corrected chi connectivity index (χ4v) is 1.29. The highest BCUT2D eigenvalue weighted by molar-refractivity contribution is 5.37. The molecule has 1 aromatic rings. The molecule has 1 atom stereocenters. The zero-order valence-corrected chi connectivity index (χ0v) is 9.21. The highest BCUT2D eigenvalue weighted by Gasteiger charge is 2.20. The van der Waals surface area contributed by atoms with Crippen molar-refractivity contribution in [1.29, 1.82) is 0 Å². The van der Waals surface area contributed by atoms with Crippen LogP contribution in [0.4, 0.5) is 8.78 Å². The number of rotatable bonds is 4. The van der Waals surface area contributed by atoms with Gasteiger partial charge in [-0.3, -0.25) is 0 Å². The fourth-order valence-electron chi connectivity index (χ4n) is 1.29. The number of hydrogen-bond acceptors (Lipinski definition) is 3. The first-order valence-corrected chi connectivity index (χ1v) is 5.00. The second kappa shape index (κ2) is 5.23. The van der Waals surface area contributed by atoms with E-state index in [4.69, 9.17) is 10.5 Å². The normalized spacial score (nSPS) is 12.9. The topological polar surface area (TPSA) is 55.5 Å². The van der Waals surface area contributed by atoms with E-state index in [0.29, 0.717) is 0 Å². The summed E-state index contributed by atoms with van der Waals surface area (Å²) in [6.45, 7) is 3.28. The smallest absolute Gasteiger partial charge is 0.201 e. The lowest BCUT2D eigenvalue weighted by Crippen LogP contribution is -2.16. The van der Waals surface area contributed by atoms with E-state index in [1.54, 1.807) is 13.8 Å². The van der Waals surface area contributed by atoms with Crippen LogP contribution in [0.25, 0.3) is 0 Å². The highest BCUT2D eigenvalue weighted by atomic mass is 19.2. The monoisotopic (exact) mass is 231 g/mol. The standard InChI is InChI=1S/C11H15F2NO2/c1-6(2)16-11-7(9(15)5-14)3-4-8(12)10(11)13/h3-4,6,9,15H,5,14H2,1-2H3. The minimum atomic E-state index is -1.10. The van der Waals surface area contributed by atoms with E-state index in [-0.39, 0.29) is 24.0 Å². The molecule has 0 fully saturated rings. The second-order valence-corrected chi connectivity index (χ2v) is 3.70. The molecule has 0 aliphatic carbocycles. The van der Waals surface area contributed by atoms with Gasteiger partial charge < -0.3 is 15.6 Å². The Morgan fingerprint density at radius 2 is 2.00 bits per heavy atom. The maximum atomic E-state index is 13.5. The lowest BCUT2D eigenvalue weighted by Gasteiger charge is -2.17. The van der Waals surface area contributed by atoms with Gasteiger partial charge in [-0.15, -0.1) is 0 Å². The van der Waals surface area contributed by atoms with Crippen molar-refractivity contribution in [3.05, 3.63) is 29.3 Å². The third kappa shape index (κ3) is 2.68. The molecule has 0 aliphatic rings. The molecule has 0 heterocycles. The molecular weight excluding hydrogens is 216 g/mol. The predicted octanol–water partition coefficient (Wildman–Crippen LogP) is 1.74. The number of hydrogen-bond donors (Lipinski definition) is 2. The summed E-state index contributed by atoms with van der Waals surface area (Å²) in [7, 11) is 0. The molecule has 3 nitrogen and oxygen atoms in total. The summed E-state index contributed by atoms with van der Waals surface area (Å²) in [5.74, 6) is -2.38. The zero-order valence-electron chi connectivity index (χ0n) is 9.21. The number of aliphatic hydroxyl groups is 1. The van der Waals surface area contributed by atoms with Gasteiger partial charge in [0, 0.05) is 12.1 Å². The van der Waals surface area contributed by atoms with Crippen LogP contribution < -0.4 is 10.5 Å². The van der Waals surface area contributed by atoms with Crippen molar-refractivity contribution in [1.82, 2.24) is 0 Å². The molecule has 1 aromatic carbocycles. The van der Waals surface area contributed by atoms with Crippen LogP contribution in [0.5, 0.6) is 5.75 Å². The quantitative estimate of drug-likeness (QED) is 0.830. The summed E-state index contributed by atoms with van der Waals surface area (Å²) in [5.41, 5.74) is 5.43. The summed E-state index contributed by atoms with van der Waals surface area (Å²) >= 11 is 0. The van der Waals surface area contributed by atoms with Gasteiger partial charge in [-0.2, -0.15) is 4.39 Å². The van der Waals surface area contributed by atoms with Gasteiger partial charge in [0.2, 0.25) is 5.82 Å². The average molecular weight is 231 g/mol. The summed E-state index contributed by atoms with van der Waals surface area (Å²) < 4.78 is 31.6. The Labute approximate surface area is 92.8 Å². The molecule has 0 aromatic heterocycles. The Hall–Kier alpha value is -1.20. The average Bonchev–Trinajstić information content (AvgIpc) is 2.23. The summed E-state index contributed by atoms with van der Waals surface area (Å²) in [6.07, 6.45) is -1.39. The Morgan fingerprint density at radius 1 is 1.38 bits per heavy atom. The minimum absolute atomic E-state index is 0.0838. The SMILES string of the molecule is CC(C)Oc1c(C(O)CN)ccc(F)c1F. The van der Waals surface area contributed by atoms with Crippen LogP contribution in [-0.4, -0.2) is 17.8 Å². The largest absolute Gasteiger partial charge is 0.487 e. The molecule has 1 unspecified atom stereocenters. The van der Waals surface area contributed by atoms with Crippen molar-refractivity contribution in [3.63, 3.8) is 0 Å². The maximum Gasteiger partial charge on any atom is 0.201 e. The van der Waals surface area contributed by atoms with Gasteiger partial charge in [0.05, 0.1) is 12.2 Å². The van der Waals surface area contributed by atoms with Crippen LogP contribution in [0.2, 0.25) is 0 Å². The van der Waals surface area contributed by atoms with E-state index in [9.17, 15) is 13.9 Å². The molecule has 0 aliphatic heterocycles. The Balaban J connectivity index is 3.21. The van der Waals surface area contributed by atoms with Crippen molar-refractivity contribution >= 4 is 0 Å². The molecule has 1 rings (SSSR count). The van der Waals surface area contributed by atoms with Crippen molar-refractivity contribution < 1.29 is 18.6 Å². The third-order valence-corrected chi connectivity index (χ3v) is 2.02. The van der Waals surface area contributed by atoms with Crippen molar-refractivity contribution in [2.75, 3.05) is 6.54 Å². The van der Waals surface area contributed by atoms with Crippen LogP contribution in [0.15, 0.2) is 12.1 Å². The van der Waals surface area contributed by atoms with E-state index in [1.165, 1.54) is 6.07 Å². The van der Waals surface area contributed by atoms with Gasteiger partial charge in [-0.05, 0) is 26.0 Å². The van der Waals surface area contributed by atoms with Gasteiger partial charge in [0.15, 0.2) is 11.6 Å². The van der Waals surface area contributed by atoms with E-state index in [1.807, 2.05) is 0 Å². The first-order valence-electron chi connectivity index (χ1n) is 5.00. The van der Waals surface area contributed by atoms with E-state index >= 15 is 0 Å². The van der Waals surface area contributed by atoms with Crippen LogP contribution in [0.1, 0.15) is 25.5 Å². The van der Waals surface area contributed by atoms with Crippen molar-refractivity contribution in [2.45, 2.75) is 26.1 Å². The summed E-state index contributed by atoms with van der Waals surface area (Å²) in [6, 6.07) is 2.21. The molecule has 16 heavy (non-hydrogen) atoms. The van der Waals surface area contributed by atoms with E-state index in [2.05, 4.69) is 0 Å². The van der Waals surface area contributed by atoms with Crippen LogP contribution in [0.3, 0.4) is 0 Å². The molecule has 0 radical (unpaired) electrons. The molecule has 0 saturated carbocycles. The summed E-state index contributed by atoms with van der Waals surface area (Å²) in [4.78, 5) is 0. The molecular formula is C11H15F2NO2. The molecule has 3 N–H and O–H groups in total. The Bertz CT molecular complexity index is 369. The fraction of sp³-hybridized carbons (Fsp3) is 0.455. The second-order valence-electron chi connectivity index (χ2n) is 3.70. The first kappa shape index (κ1) is 12.9. The van der Waals surface area contributed by atoms with Gasteiger partial charge >= 0.3 is 0 Å². The van der Waals surface area contributed by atoms with Crippen molar-refractivity contribution in [3.8, 4) is 5.75 Å². The number of aliphatic hydroxyl groups excluding tert-OH is 1. The van der Waals surface area contributed by atoms with Gasteiger partial charge in [-0.25, -0.2) is 4.39 Å². The highest BCUT2D eigenvalue weighted by Crippen LogP contribution is 2.30. The maximum absolute atomic E-state index is 13.5. The lowest BCUT2D eigenvalue weighted by atomic mass is 10.1. The molecule has 90 valence electrons. The van der Waals surface area contributed by atoms with Crippen molar-refractivity contribution in [2.24, 2.45) is 5.73 Å². The number of nitrogens with two attached hydrogens (primary N) is 1. The molecule has 5 heteroatoms. The van der Waals surface area contributed by atoms with Gasteiger partial charge in [0.25, 0.3) is 0 Å². The minimum Gasteiger partial charge on any atom is -0.487 e. The van der Waals surface area contributed by atoms with Gasteiger partial charge in [0.1, 0.15) is 0 Å². The van der Waals surface area contributed by atoms with Crippen LogP contribution >= 0.6 is 0 Å². The lowest BCUT2D eigenvalue weighted by molar-refractivity contribution is 0.168. The predicted molar refractivity (Wildman–Crippen MR) is 56.1 cm³/mol. The number of ether oxygens (including phenoxy) is 1. The molecule has 0 amide bonds. The molecule has 0 saturated heterocycles. The number of benzene rings is 1. The number of halogens is 2. The third-order valence-electron chi connectivity index (χ3n) is 2.02. The van der Waals surface area contributed by atoms with Gasteiger partial charge in [-0.1, -0.05) is 0 Å². The van der Waals surface area contributed by atoms with Crippen LogP contribution in [0, 0.1) is 11.6 Å². The molecule has 0 bridgehead atoms. The zero-order chi connectivity index (χ0) is 12.3. The Kier molecular flexibility index (Phi) is 4.20. The molecule has 0 spiro atoms. The van der Waals surface area contributed by atoms with E-state index in [0.717, 1.165) is 6.07 Å². The van der Waals surface area contributed by atoms with Crippen LogP contribution in [-0.2, 0) is 0 Å². The van der Waals surface area contributed by atoms with E-state index < -0.39 is 17.7 Å². The first-order chi connectivity index (χ1) is 7.47. The Morgan fingerprint density at radius 3 is 2.50 bits per heavy atom.